The Hall–Kier alpha value is -2.83. The number of carbonyl (C=O) groups is 1. The minimum absolute atomic E-state index is 0.00719. The van der Waals surface area contributed by atoms with Gasteiger partial charge in [0.2, 0.25) is 5.91 Å². The van der Waals surface area contributed by atoms with Crippen LogP contribution in [0.3, 0.4) is 0 Å². The Morgan fingerprint density at radius 1 is 1.11 bits per heavy atom. The average Bonchev–Trinajstić information content (AvgIpc) is 3.56. The van der Waals surface area contributed by atoms with Crippen molar-refractivity contribution in [2.75, 3.05) is 5.73 Å². The fourth-order valence-corrected chi connectivity index (χ4v) is 4.69. The molecule has 3 aromatic rings. The van der Waals surface area contributed by atoms with E-state index in [2.05, 4.69) is 67.4 Å². The van der Waals surface area contributed by atoms with Crippen LogP contribution in [0.4, 0.5) is 5.82 Å². The van der Waals surface area contributed by atoms with Crippen LogP contribution < -0.4 is 11.1 Å². The molecule has 2 aromatic heterocycles. The first-order valence-electron chi connectivity index (χ1n) is 12.9. The van der Waals surface area contributed by atoms with Crippen LogP contribution in [0.15, 0.2) is 42.6 Å². The smallest absolute Gasteiger partial charge is 0.230 e. The summed E-state index contributed by atoms with van der Waals surface area (Å²) in [6.07, 6.45) is 8.83. The van der Waals surface area contributed by atoms with E-state index in [1.807, 2.05) is 13.0 Å². The number of carbonyl (C=O) groups excluding carboxylic acids is 1. The van der Waals surface area contributed by atoms with E-state index in [4.69, 9.17) is 13.6 Å². The van der Waals surface area contributed by atoms with E-state index in [9.17, 15) is 4.79 Å². The van der Waals surface area contributed by atoms with Gasteiger partial charge < -0.3 is 11.1 Å². The number of aromatic nitrogens is 3. The molecule has 4 rings (SSSR count). The average molecular weight is 473 g/mol. The van der Waals surface area contributed by atoms with Crippen LogP contribution >= 0.6 is 0 Å². The Morgan fingerprint density at radius 2 is 1.74 bits per heavy atom. The lowest BCUT2D eigenvalue weighted by atomic mass is 9.70. The third-order valence-electron chi connectivity index (χ3n) is 7.86. The lowest BCUT2D eigenvalue weighted by molar-refractivity contribution is -0.127. The summed E-state index contributed by atoms with van der Waals surface area (Å²) in [5.74, 6) is 0.791. The summed E-state index contributed by atoms with van der Waals surface area (Å²) in [5.41, 5.74) is 9.26. The molecule has 1 amide bonds. The second-order valence-corrected chi connectivity index (χ2v) is 10.3. The molecule has 1 saturated carbocycles. The molecule has 1 aliphatic rings. The minimum Gasteiger partial charge on any atom is -0.384 e. The van der Waals surface area contributed by atoms with Gasteiger partial charge >= 0.3 is 0 Å². The zero-order chi connectivity index (χ0) is 25.6. The summed E-state index contributed by atoms with van der Waals surface area (Å²) in [7, 11) is 5.98. The first-order chi connectivity index (χ1) is 16.7. The maximum absolute atomic E-state index is 12.9. The summed E-state index contributed by atoms with van der Waals surface area (Å²) in [6, 6.07) is 12.5. The maximum Gasteiger partial charge on any atom is 0.230 e. The molecule has 7 heteroatoms. The molecular weight excluding hydrogens is 433 g/mol. The Morgan fingerprint density at radius 3 is 2.31 bits per heavy atom. The van der Waals surface area contributed by atoms with Crippen molar-refractivity contribution in [1.29, 1.82) is 0 Å². The van der Waals surface area contributed by atoms with Crippen LogP contribution in [0.1, 0.15) is 83.0 Å². The Bertz CT molecular complexity index is 1120. The number of nitrogens with zero attached hydrogens (tertiary/aromatic N) is 3. The van der Waals surface area contributed by atoms with Gasteiger partial charge in [0.1, 0.15) is 5.82 Å². The van der Waals surface area contributed by atoms with Gasteiger partial charge in [-0.25, -0.2) is 4.98 Å². The van der Waals surface area contributed by atoms with Crippen molar-refractivity contribution in [2.24, 2.45) is 0 Å². The summed E-state index contributed by atoms with van der Waals surface area (Å²) in [6.45, 7) is 10.4. The zero-order valence-corrected chi connectivity index (χ0v) is 22.0. The number of nitrogens with two attached hydrogens (primary N) is 1. The van der Waals surface area contributed by atoms with Crippen molar-refractivity contribution in [3.63, 3.8) is 0 Å². The second kappa shape index (κ2) is 11.3. The van der Waals surface area contributed by atoms with Crippen LogP contribution in [0.5, 0.6) is 0 Å². The van der Waals surface area contributed by atoms with Gasteiger partial charge in [-0.1, -0.05) is 64.2 Å². The second-order valence-electron chi connectivity index (χ2n) is 10.3. The van der Waals surface area contributed by atoms with E-state index in [-0.39, 0.29) is 11.3 Å². The Labute approximate surface area is 211 Å². The molecular formula is C28H40BN5O. The highest BCUT2D eigenvalue weighted by Crippen LogP contribution is 2.34. The molecule has 35 heavy (non-hydrogen) atoms. The number of anilines is 1. The van der Waals surface area contributed by atoms with Crippen molar-refractivity contribution in [1.82, 2.24) is 19.9 Å². The monoisotopic (exact) mass is 473 g/mol. The van der Waals surface area contributed by atoms with Crippen molar-refractivity contribution in [2.45, 2.75) is 96.3 Å². The molecule has 1 aromatic carbocycles. The molecule has 2 radical (unpaired) electrons. The van der Waals surface area contributed by atoms with Gasteiger partial charge in [0.05, 0.1) is 19.5 Å². The van der Waals surface area contributed by atoms with E-state index in [0.717, 1.165) is 42.6 Å². The normalized spacial score (nSPS) is 17.3. The van der Waals surface area contributed by atoms with Gasteiger partial charge in [-0.2, -0.15) is 9.61 Å². The van der Waals surface area contributed by atoms with Crippen LogP contribution in [0.25, 0.3) is 5.65 Å². The molecule has 3 N–H and O–H groups in total. The molecule has 0 spiro atoms. The SMILES string of the molecule is Cc1cc(N)n2nccc2n1.[B]CC(C)(CC)c1ccc(C(C)(CC)C(=O)NC2CCCC2)cc1. The number of aryl methyl sites for hydroxylation is 1. The van der Waals surface area contributed by atoms with E-state index >= 15 is 0 Å². The highest BCUT2D eigenvalue weighted by molar-refractivity contribution is 6.09. The van der Waals surface area contributed by atoms with Crippen molar-refractivity contribution < 1.29 is 4.79 Å². The summed E-state index contributed by atoms with van der Waals surface area (Å²) < 4.78 is 1.60. The number of rotatable bonds is 7. The molecule has 2 heterocycles. The van der Waals surface area contributed by atoms with Crippen LogP contribution in [0, 0.1) is 6.92 Å². The molecule has 0 aliphatic heterocycles. The van der Waals surface area contributed by atoms with Crippen LogP contribution in [-0.2, 0) is 15.6 Å². The number of nitrogen functional groups attached to an aromatic ring is 1. The molecule has 1 fully saturated rings. The van der Waals surface area contributed by atoms with Gasteiger partial charge in [0.15, 0.2) is 5.65 Å². The van der Waals surface area contributed by atoms with Gasteiger partial charge in [0.25, 0.3) is 0 Å². The van der Waals surface area contributed by atoms with E-state index in [1.54, 1.807) is 16.8 Å². The summed E-state index contributed by atoms with van der Waals surface area (Å²) >= 11 is 0. The lowest BCUT2D eigenvalue weighted by Gasteiger charge is -2.31. The number of nitrogens with one attached hydrogen (secondary N) is 1. The molecule has 2 atom stereocenters. The summed E-state index contributed by atoms with van der Waals surface area (Å²) in [5, 5.41) is 7.27. The standard InChI is InChI=1S/C21H32BNO.C7H8N4/c1-5-20(3,15-22)16-11-13-17(14-12-16)21(4,6-2)19(24)23-18-9-7-8-10-18;1-5-4-6(8)11-7(10-5)2-3-9-11/h11-14,18H,5-10,15H2,1-4H3,(H,23,24);2-4H,8H2,1H3. The molecule has 0 saturated heterocycles. The van der Waals surface area contributed by atoms with Crippen molar-refractivity contribution >= 4 is 25.2 Å². The van der Waals surface area contributed by atoms with E-state index < -0.39 is 5.41 Å². The Balaban J connectivity index is 0.000000256. The van der Waals surface area contributed by atoms with Gasteiger partial charge in [-0.05, 0) is 56.1 Å². The first-order valence-corrected chi connectivity index (χ1v) is 12.9. The molecule has 2 unspecified atom stereocenters. The highest BCUT2D eigenvalue weighted by atomic mass is 16.2. The number of hydrogen-bond acceptors (Lipinski definition) is 4. The summed E-state index contributed by atoms with van der Waals surface area (Å²) in [4.78, 5) is 17.1. The first kappa shape index (κ1) is 26.8. The quantitative estimate of drug-likeness (QED) is 0.457. The third kappa shape index (κ3) is 5.88. The van der Waals surface area contributed by atoms with Crippen LogP contribution in [-0.4, -0.2) is 34.4 Å². The van der Waals surface area contributed by atoms with Crippen LogP contribution in [0.2, 0.25) is 6.32 Å². The Kier molecular flexibility index (Phi) is 8.63. The predicted molar refractivity (Wildman–Crippen MR) is 145 cm³/mol. The fraction of sp³-hybridized carbons (Fsp3) is 0.536. The molecule has 0 bridgehead atoms. The molecule has 6 nitrogen and oxygen atoms in total. The van der Waals surface area contributed by atoms with Gasteiger partial charge in [0, 0.05) is 23.9 Å². The minimum atomic E-state index is -0.466. The predicted octanol–water partition coefficient (Wildman–Crippen LogP) is 5.29. The van der Waals surface area contributed by atoms with Gasteiger partial charge in [-0.15, -0.1) is 0 Å². The van der Waals surface area contributed by atoms with Gasteiger partial charge in [-0.3, -0.25) is 4.79 Å². The van der Waals surface area contributed by atoms with E-state index in [0.29, 0.717) is 18.2 Å². The maximum atomic E-state index is 12.9. The number of hydrogen-bond donors (Lipinski definition) is 2. The third-order valence-corrected chi connectivity index (χ3v) is 7.86. The van der Waals surface area contributed by atoms with Crippen molar-refractivity contribution in [3.05, 3.63) is 59.4 Å². The topological polar surface area (TPSA) is 85.3 Å². The van der Waals surface area contributed by atoms with E-state index in [1.165, 1.54) is 18.4 Å². The van der Waals surface area contributed by atoms with Crippen molar-refractivity contribution in [3.8, 4) is 0 Å². The lowest BCUT2D eigenvalue weighted by Crippen LogP contribution is -2.45. The largest absolute Gasteiger partial charge is 0.384 e. The fourth-order valence-electron chi connectivity index (χ4n) is 4.69. The number of benzene rings is 1. The molecule has 1 aliphatic carbocycles. The number of fused-ring (bicyclic) bond motifs is 1. The highest BCUT2D eigenvalue weighted by Gasteiger charge is 2.35. The number of amides is 1. The zero-order valence-electron chi connectivity index (χ0n) is 22.0. The molecule has 186 valence electrons.